The van der Waals surface area contributed by atoms with Crippen LogP contribution >= 0.6 is 0 Å². The molecule has 6 nitrogen and oxygen atoms in total. The number of nitrogens with one attached hydrogen (secondary N) is 2. The minimum Gasteiger partial charge on any atom is -0.506 e. The van der Waals surface area contributed by atoms with Crippen LogP contribution in [0.1, 0.15) is 34.2 Å². The lowest BCUT2D eigenvalue weighted by Gasteiger charge is -2.19. The van der Waals surface area contributed by atoms with Gasteiger partial charge in [-0.2, -0.15) is 0 Å². The summed E-state index contributed by atoms with van der Waals surface area (Å²) in [4.78, 5) is 12.3. The van der Waals surface area contributed by atoms with E-state index in [9.17, 15) is 18.3 Å². The number of benzene rings is 2. The fraction of sp³-hybridized carbons (Fsp3) is 0.350. The Hall–Kier alpha value is -2.38. The van der Waals surface area contributed by atoms with Gasteiger partial charge in [-0.15, -0.1) is 0 Å². The summed E-state index contributed by atoms with van der Waals surface area (Å²) in [6.07, 6.45) is -0.0461. The smallest absolute Gasteiger partial charge is 0.241 e. The van der Waals surface area contributed by atoms with Crippen LogP contribution in [-0.4, -0.2) is 26.0 Å². The van der Waals surface area contributed by atoms with E-state index in [1.54, 1.807) is 32.0 Å². The summed E-state index contributed by atoms with van der Waals surface area (Å²) in [6, 6.07) is 6.37. The van der Waals surface area contributed by atoms with Gasteiger partial charge < -0.3 is 10.4 Å². The van der Waals surface area contributed by atoms with Gasteiger partial charge in [0.25, 0.3) is 0 Å². The van der Waals surface area contributed by atoms with E-state index in [1.807, 2.05) is 20.8 Å². The fourth-order valence-electron chi connectivity index (χ4n) is 3.03. The molecule has 0 unspecified atom stereocenters. The monoisotopic (exact) mass is 390 g/mol. The van der Waals surface area contributed by atoms with Gasteiger partial charge in [0.1, 0.15) is 5.75 Å². The van der Waals surface area contributed by atoms with Crippen molar-refractivity contribution in [3.63, 3.8) is 0 Å². The number of hydrogen-bond acceptors (Lipinski definition) is 4. The molecule has 0 aliphatic heterocycles. The zero-order valence-electron chi connectivity index (χ0n) is 16.3. The van der Waals surface area contributed by atoms with E-state index in [0.717, 1.165) is 27.8 Å². The summed E-state index contributed by atoms with van der Waals surface area (Å²) in [5, 5.41) is 12.2. The number of para-hydroxylation sites is 2. The van der Waals surface area contributed by atoms with E-state index in [4.69, 9.17) is 0 Å². The second kappa shape index (κ2) is 8.10. The number of rotatable bonds is 6. The van der Waals surface area contributed by atoms with Crippen molar-refractivity contribution in [2.75, 3.05) is 11.9 Å². The van der Waals surface area contributed by atoms with Crippen LogP contribution in [-0.2, 0) is 14.8 Å². The average molecular weight is 391 g/mol. The number of aromatic hydroxyl groups is 1. The molecule has 0 aliphatic carbocycles. The Morgan fingerprint density at radius 1 is 0.926 bits per heavy atom. The van der Waals surface area contributed by atoms with E-state index >= 15 is 0 Å². The topological polar surface area (TPSA) is 95.5 Å². The van der Waals surface area contributed by atoms with Gasteiger partial charge in [0.2, 0.25) is 15.9 Å². The standard InChI is InChI=1S/C20H26N2O4S/c1-12-13(2)15(4)20(16(5)14(12)3)27(25,26)21-11-10-19(24)22-17-8-6-7-9-18(17)23/h6-9,21,23H,10-11H2,1-5H3,(H,22,24). The highest BCUT2D eigenvalue weighted by Gasteiger charge is 2.23. The van der Waals surface area contributed by atoms with Crippen molar-refractivity contribution in [1.82, 2.24) is 4.72 Å². The molecule has 0 aliphatic rings. The van der Waals surface area contributed by atoms with Gasteiger partial charge in [0.05, 0.1) is 10.6 Å². The van der Waals surface area contributed by atoms with Crippen molar-refractivity contribution in [2.24, 2.45) is 0 Å². The first-order chi connectivity index (χ1) is 12.6. The lowest BCUT2D eigenvalue weighted by atomic mass is 9.95. The van der Waals surface area contributed by atoms with Crippen LogP contribution in [0.2, 0.25) is 0 Å². The van der Waals surface area contributed by atoms with Gasteiger partial charge in [-0.1, -0.05) is 12.1 Å². The summed E-state index contributed by atoms with van der Waals surface area (Å²) < 4.78 is 28.1. The zero-order chi connectivity index (χ0) is 20.4. The largest absolute Gasteiger partial charge is 0.506 e. The Labute approximate surface area is 160 Å². The average Bonchev–Trinajstić information content (AvgIpc) is 2.60. The van der Waals surface area contributed by atoms with Crippen molar-refractivity contribution in [1.29, 1.82) is 0 Å². The maximum atomic E-state index is 12.8. The molecule has 0 heterocycles. The highest BCUT2D eigenvalue weighted by molar-refractivity contribution is 7.89. The van der Waals surface area contributed by atoms with E-state index in [-0.39, 0.29) is 29.5 Å². The molecule has 2 aromatic carbocycles. The lowest BCUT2D eigenvalue weighted by molar-refractivity contribution is -0.116. The molecule has 2 aromatic rings. The van der Waals surface area contributed by atoms with E-state index < -0.39 is 10.0 Å². The number of amides is 1. The molecule has 7 heteroatoms. The number of carbonyl (C=O) groups is 1. The van der Waals surface area contributed by atoms with Crippen LogP contribution in [0.15, 0.2) is 29.2 Å². The van der Waals surface area contributed by atoms with Gasteiger partial charge in [0.15, 0.2) is 0 Å². The highest BCUT2D eigenvalue weighted by Crippen LogP contribution is 2.29. The zero-order valence-corrected chi connectivity index (χ0v) is 17.1. The molecule has 0 atom stereocenters. The normalized spacial score (nSPS) is 11.4. The Morgan fingerprint density at radius 2 is 1.44 bits per heavy atom. The summed E-state index contributed by atoms with van der Waals surface area (Å²) in [6.45, 7) is 9.37. The number of carbonyl (C=O) groups excluding carboxylic acids is 1. The molecule has 0 fully saturated rings. The van der Waals surface area contributed by atoms with Crippen LogP contribution in [0.3, 0.4) is 0 Å². The van der Waals surface area contributed by atoms with Crippen LogP contribution in [0, 0.1) is 34.6 Å². The SMILES string of the molecule is Cc1c(C)c(C)c(S(=O)(=O)NCCC(=O)Nc2ccccc2O)c(C)c1C. The molecule has 146 valence electrons. The first-order valence-corrected chi connectivity index (χ1v) is 10.2. The molecule has 1 amide bonds. The first-order valence-electron chi connectivity index (χ1n) is 8.70. The van der Waals surface area contributed by atoms with Gasteiger partial charge in [-0.3, -0.25) is 4.79 Å². The molecule has 0 aromatic heterocycles. The highest BCUT2D eigenvalue weighted by atomic mass is 32.2. The number of hydrogen-bond donors (Lipinski definition) is 3. The number of phenols is 1. The van der Waals surface area contributed by atoms with Crippen molar-refractivity contribution >= 4 is 21.6 Å². The summed E-state index contributed by atoms with van der Waals surface area (Å²) in [5.41, 5.74) is 4.74. The van der Waals surface area contributed by atoms with Crippen molar-refractivity contribution < 1.29 is 18.3 Å². The molecule has 27 heavy (non-hydrogen) atoms. The maximum absolute atomic E-state index is 12.8. The third-order valence-electron chi connectivity index (χ3n) is 5.02. The quantitative estimate of drug-likeness (QED) is 0.660. The first kappa shape index (κ1) is 20.9. The van der Waals surface area contributed by atoms with E-state index in [1.165, 1.54) is 6.07 Å². The van der Waals surface area contributed by atoms with Crippen LogP contribution in [0.25, 0.3) is 0 Å². The van der Waals surface area contributed by atoms with Crippen molar-refractivity contribution in [3.8, 4) is 5.75 Å². The minimum absolute atomic E-state index is 0.0351. The molecule has 0 bridgehead atoms. The minimum atomic E-state index is -3.74. The van der Waals surface area contributed by atoms with Crippen molar-refractivity contribution in [3.05, 3.63) is 52.1 Å². The summed E-state index contributed by atoms with van der Waals surface area (Å²) >= 11 is 0. The molecular weight excluding hydrogens is 364 g/mol. The second-order valence-corrected chi connectivity index (χ2v) is 8.37. The maximum Gasteiger partial charge on any atom is 0.241 e. The number of sulfonamides is 1. The molecule has 0 radical (unpaired) electrons. The lowest BCUT2D eigenvalue weighted by Crippen LogP contribution is -2.29. The van der Waals surface area contributed by atoms with Crippen LogP contribution in [0.5, 0.6) is 5.75 Å². The molecular formula is C20H26N2O4S. The molecule has 0 saturated heterocycles. The Morgan fingerprint density at radius 3 is 2.00 bits per heavy atom. The van der Waals surface area contributed by atoms with Gasteiger partial charge >= 0.3 is 0 Å². The van der Waals surface area contributed by atoms with Crippen LogP contribution < -0.4 is 10.0 Å². The van der Waals surface area contributed by atoms with Gasteiger partial charge in [-0.05, 0) is 74.6 Å². The predicted octanol–water partition coefficient (Wildman–Crippen LogP) is 3.24. The summed E-state index contributed by atoms with van der Waals surface area (Å²) in [7, 11) is -3.74. The predicted molar refractivity (Wildman–Crippen MR) is 107 cm³/mol. The molecule has 0 spiro atoms. The Kier molecular flexibility index (Phi) is 6.28. The fourth-order valence-corrected chi connectivity index (χ4v) is 4.66. The summed E-state index contributed by atoms with van der Waals surface area (Å²) in [5.74, 6) is -0.424. The number of phenolic OH excluding ortho intramolecular Hbond substituents is 1. The van der Waals surface area contributed by atoms with E-state index in [0.29, 0.717) is 5.69 Å². The third kappa shape index (κ3) is 4.48. The van der Waals surface area contributed by atoms with Gasteiger partial charge in [0, 0.05) is 13.0 Å². The van der Waals surface area contributed by atoms with Crippen molar-refractivity contribution in [2.45, 2.75) is 45.9 Å². The molecule has 2 rings (SSSR count). The molecule has 3 N–H and O–H groups in total. The van der Waals surface area contributed by atoms with Gasteiger partial charge in [-0.25, -0.2) is 13.1 Å². The Balaban J connectivity index is 2.10. The second-order valence-electron chi connectivity index (χ2n) is 6.67. The number of anilines is 1. The molecule has 0 saturated carbocycles. The van der Waals surface area contributed by atoms with Crippen LogP contribution in [0.4, 0.5) is 5.69 Å². The third-order valence-corrected chi connectivity index (χ3v) is 6.76. The Bertz CT molecular complexity index is 953. The van der Waals surface area contributed by atoms with E-state index in [2.05, 4.69) is 10.0 Å².